The minimum atomic E-state index is -0.332. The van der Waals surface area contributed by atoms with Crippen LogP contribution in [-0.4, -0.2) is 32.2 Å². The highest BCUT2D eigenvalue weighted by Gasteiger charge is 2.61. The maximum atomic E-state index is 11.5. The number of aliphatic hydroxyl groups excluding tert-OH is 2. The zero-order valence-electron chi connectivity index (χ0n) is 19.5. The maximum Gasteiger partial charge on any atom is 0.0809 e. The maximum absolute atomic E-state index is 11.5. The van der Waals surface area contributed by atoms with Crippen LogP contribution in [0.25, 0.3) is 6.08 Å². The molecule has 0 saturated heterocycles. The molecular weight excluding hydrogens is 372 g/mol. The average Bonchev–Trinajstić information content (AvgIpc) is 3.10. The van der Waals surface area contributed by atoms with Crippen molar-refractivity contribution in [2.75, 3.05) is 0 Å². The Morgan fingerprint density at radius 3 is 2.43 bits per heavy atom. The molecular formula is C26H40N2O2. The summed E-state index contributed by atoms with van der Waals surface area (Å²) in [5.41, 5.74) is 5.06. The van der Waals surface area contributed by atoms with E-state index in [0.29, 0.717) is 17.3 Å². The van der Waals surface area contributed by atoms with Crippen LogP contribution in [0, 0.1) is 48.3 Å². The van der Waals surface area contributed by atoms with Crippen LogP contribution < -0.4 is 0 Å². The summed E-state index contributed by atoms with van der Waals surface area (Å²) in [6.07, 6.45) is 11.0. The van der Waals surface area contributed by atoms with Gasteiger partial charge in [0.1, 0.15) is 0 Å². The Morgan fingerprint density at radius 1 is 1.00 bits per heavy atom. The molecule has 4 aliphatic carbocycles. The Bertz CT molecular complexity index is 873. The number of aliphatic hydroxyl groups is 2. The summed E-state index contributed by atoms with van der Waals surface area (Å²) >= 11 is 0. The molecule has 5 rings (SSSR count). The predicted octanol–water partition coefficient (Wildman–Crippen LogP) is 4.79. The van der Waals surface area contributed by atoms with Crippen LogP contribution in [0.5, 0.6) is 0 Å². The Balaban J connectivity index is 1.46. The third-order valence-corrected chi connectivity index (χ3v) is 10.4. The summed E-state index contributed by atoms with van der Waals surface area (Å²) in [4.78, 5) is 0. The SMILES string of the molecule is Cc1nn(C)c(C)c1/C=C1\C[C@H]2[C@@H]3CC[C@@H]4C[C@@H](O)CC[C@]4(C)[C@H]3CC[C@]2(C)[C@@H]1O. The molecule has 4 nitrogen and oxygen atoms in total. The van der Waals surface area contributed by atoms with Crippen LogP contribution in [0.15, 0.2) is 5.57 Å². The first-order valence-corrected chi connectivity index (χ1v) is 12.2. The van der Waals surface area contributed by atoms with E-state index in [1.807, 2.05) is 11.7 Å². The molecule has 0 amide bonds. The van der Waals surface area contributed by atoms with Crippen LogP contribution in [0.4, 0.5) is 0 Å². The molecule has 0 aromatic carbocycles. The van der Waals surface area contributed by atoms with Crippen molar-refractivity contribution in [3.05, 3.63) is 22.5 Å². The molecule has 1 aromatic heterocycles. The molecule has 0 unspecified atom stereocenters. The highest BCUT2D eigenvalue weighted by atomic mass is 16.3. The fraction of sp³-hybridized carbons (Fsp3) is 0.808. The number of hydrogen-bond acceptors (Lipinski definition) is 3. The summed E-state index contributed by atoms with van der Waals surface area (Å²) in [5.74, 6) is 2.75. The summed E-state index contributed by atoms with van der Waals surface area (Å²) < 4.78 is 1.95. The highest BCUT2D eigenvalue weighted by molar-refractivity contribution is 5.59. The third-order valence-electron chi connectivity index (χ3n) is 10.4. The van der Waals surface area contributed by atoms with E-state index in [1.165, 1.54) is 42.5 Å². The van der Waals surface area contributed by atoms with Crippen molar-refractivity contribution in [3.8, 4) is 0 Å². The zero-order valence-corrected chi connectivity index (χ0v) is 19.5. The molecule has 4 saturated carbocycles. The van der Waals surface area contributed by atoms with Gasteiger partial charge in [0.15, 0.2) is 0 Å². The Hall–Kier alpha value is -1.13. The quantitative estimate of drug-likeness (QED) is 0.697. The Morgan fingerprint density at radius 2 is 1.73 bits per heavy atom. The molecule has 4 heteroatoms. The number of nitrogens with zero attached hydrogens (tertiary/aromatic N) is 2. The lowest BCUT2D eigenvalue weighted by atomic mass is 9.45. The Labute approximate surface area is 181 Å². The lowest BCUT2D eigenvalue weighted by molar-refractivity contribution is -0.133. The van der Waals surface area contributed by atoms with Gasteiger partial charge in [0, 0.05) is 23.7 Å². The topological polar surface area (TPSA) is 58.3 Å². The van der Waals surface area contributed by atoms with E-state index in [1.54, 1.807) is 0 Å². The minimum absolute atomic E-state index is 0.00833. The lowest BCUT2D eigenvalue weighted by Gasteiger charge is -2.60. The van der Waals surface area contributed by atoms with Crippen molar-refractivity contribution in [2.24, 2.45) is 41.5 Å². The van der Waals surface area contributed by atoms with Gasteiger partial charge in [-0.05, 0) is 106 Å². The molecule has 0 bridgehead atoms. The number of hydrogen-bond donors (Lipinski definition) is 2. The molecule has 4 fully saturated rings. The molecule has 0 aliphatic heterocycles. The van der Waals surface area contributed by atoms with Crippen molar-refractivity contribution < 1.29 is 10.2 Å². The average molecular weight is 413 g/mol. The minimum Gasteiger partial charge on any atom is -0.393 e. The number of aryl methyl sites for hydroxylation is 2. The van der Waals surface area contributed by atoms with Crippen LogP contribution in [-0.2, 0) is 7.05 Å². The van der Waals surface area contributed by atoms with Crippen molar-refractivity contribution in [1.82, 2.24) is 9.78 Å². The standard InChI is InChI=1S/C26H40N2O2/c1-15-21(16(2)28(5)27-15)12-17-13-23-20-7-6-18-14-19(29)8-10-25(18,3)22(20)9-11-26(23,4)24(17)30/h12,18-20,22-24,29-30H,6-11,13-14H2,1-5H3/b17-12+/t18-,19+,20-,22+,23+,24-,25+,26+/m1/s1. The second-order valence-corrected chi connectivity index (χ2v) is 11.7. The summed E-state index contributed by atoms with van der Waals surface area (Å²) in [6, 6.07) is 0. The molecule has 1 aromatic rings. The highest BCUT2D eigenvalue weighted by Crippen LogP contribution is 2.67. The van der Waals surface area contributed by atoms with E-state index in [2.05, 4.69) is 38.9 Å². The summed E-state index contributed by atoms with van der Waals surface area (Å²) in [7, 11) is 2.00. The van der Waals surface area contributed by atoms with E-state index in [9.17, 15) is 10.2 Å². The molecule has 0 spiro atoms. The summed E-state index contributed by atoms with van der Waals surface area (Å²) in [5, 5.41) is 26.3. The second-order valence-electron chi connectivity index (χ2n) is 11.7. The molecule has 0 radical (unpaired) electrons. The fourth-order valence-electron chi connectivity index (χ4n) is 8.42. The van der Waals surface area contributed by atoms with Crippen LogP contribution >= 0.6 is 0 Å². The van der Waals surface area contributed by atoms with Gasteiger partial charge >= 0.3 is 0 Å². The van der Waals surface area contributed by atoms with Crippen molar-refractivity contribution >= 4 is 6.08 Å². The fourth-order valence-corrected chi connectivity index (χ4v) is 8.42. The van der Waals surface area contributed by atoms with E-state index >= 15 is 0 Å². The molecule has 2 N–H and O–H groups in total. The lowest BCUT2D eigenvalue weighted by Crippen LogP contribution is -2.54. The predicted molar refractivity (Wildman–Crippen MR) is 120 cm³/mol. The van der Waals surface area contributed by atoms with Crippen molar-refractivity contribution in [1.29, 1.82) is 0 Å². The Kier molecular flexibility index (Phi) is 4.80. The van der Waals surface area contributed by atoms with Crippen LogP contribution in [0.3, 0.4) is 0 Å². The van der Waals surface area contributed by atoms with Gasteiger partial charge in [-0.1, -0.05) is 13.8 Å². The third kappa shape index (κ3) is 2.82. The van der Waals surface area contributed by atoms with Gasteiger partial charge in [-0.3, -0.25) is 4.68 Å². The van der Waals surface area contributed by atoms with E-state index in [4.69, 9.17) is 0 Å². The van der Waals surface area contributed by atoms with Gasteiger partial charge in [-0.25, -0.2) is 0 Å². The van der Waals surface area contributed by atoms with Crippen LogP contribution in [0.2, 0.25) is 0 Å². The summed E-state index contributed by atoms with van der Waals surface area (Å²) in [6.45, 7) is 9.10. The van der Waals surface area contributed by atoms with Gasteiger partial charge in [-0.2, -0.15) is 5.10 Å². The van der Waals surface area contributed by atoms with Gasteiger partial charge < -0.3 is 10.2 Å². The van der Waals surface area contributed by atoms with Crippen LogP contribution in [0.1, 0.15) is 82.2 Å². The smallest absolute Gasteiger partial charge is 0.0809 e. The largest absolute Gasteiger partial charge is 0.393 e. The molecule has 166 valence electrons. The zero-order chi connectivity index (χ0) is 21.4. The monoisotopic (exact) mass is 412 g/mol. The van der Waals surface area contributed by atoms with Gasteiger partial charge in [0.05, 0.1) is 17.9 Å². The molecule has 8 atom stereocenters. The first-order valence-electron chi connectivity index (χ1n) is 12.2. The normalized spacial score (nSPS) is 47.1. The first kappa shape index (κ1) is 20.8. The van der Waals surface area contributed by atoms with E-state index in [0.717, 1.165) is 43.2 Å². The van der Waals surface area contributed by atoms with E-state index in [-0.39, 0.29) is 17.6 Å². The second kappa shape index (κ2) is 6.93. The van der Waals surface area contributed by atoms with Crippen molar-refractivity contribution in [3.63, 3.8) is 0 Å². The number of fused-ring (bicyclic) bond motifs is 5. The van der Waals surface area contributed by atoms with Gasteiger partial charge in [0.2, 0.25) is 0 Å². The molecule has 30 heavy (non-hydrogen) atoms. The molecule has 4 aliphatic rings. The number of aromatic nitrogens is 2. The van der Waals surface area contributed by atoms with Gasteiger partial charge in [0.25, 0.3) is 0 Å². The number of rotatable bonds is 1. The molecule has 1 heterocycles. The van der Waals surface area contributed by atoms with Gasteiger partial charge in [-0.15, -0.1) is 0 Å². The van der Waals surface area contributed by atoms with E-state index < -0.39 is 0 Å². The van der Waals surface area contributed by atoms with Crippen molar-refractivity contribution in [2.45, 2.75) is 91.3 Å². The first-order chi connectivity index (χ1) is 14.1.